The van der Waals surface area contributed by atoms with Crippen LogP contribution in [-0.2, 0) is 25.8 Å². The molecule has 0 nitrogen and oxygen atoms in total. The van der Waals surface area contributed by atoms with Gasteiger partial charge >= 0.3 is 25.8 Å². The second kappa shape index (κ2) is 13.8. The minimum absolute atomic E-state index is 0. The number of unbranched alkanes of at least 4 members (excludes halogenated alkanes) is 1. The van der Waals surface area contributed by atoms with E-state index in [-0.39, 0.29) is 40.7 Å². The van der Waals surface area contributed by atoms with Gasteiger partial charge in [0.05, 0.1) is 9.52 Å². The van der Waals surface area contributed by atoms with Gasteiger partial charge in [0.25, 0.3) is 0 Å². The average molecular weight is 701 g/mol. The van der Waals surface area contributed by atoms with E-state index in [9.17, 15) is 0 Å². The first-order valence-electron chi connectivity index (χ1n) is 13.3. The molecule has 0 saturated heterocycles. The Morgan fingerprint density at radius 3 is 2.02 bits per heavy atom. The Labute approximate surface area is 263 Å². The Morgan fingerprint density at radius 2 is 1.38 bits per heavy atom. The monoisotopic (exact) mass is 702 g/mol. The van der Waals surface area contributed by atoms with Crippen LogP contribution in [0.4, 0.5) is 0 Å². The van der Waals surface area contributed by atoms with E-state index in [1.807, 2.05) is 0 Å². The molecule has 0 amide bonds. The molecule has 1 unspecified atom stereocenters. The van der Waals surface area contributed by atoms with Gasteiger partial charge in [0.2, 0.25) is 0 Å². The molecule has 0 bridgehead atoms. The number of benzene rings is 4. The molecule has 0 aliphatic heterocycles. The minimum Gasteiger partial charge on any atom is -0.358 e. The third-order valence-corrected chi connectivity index (χ3v) is 9.06. The van der Waals surface area contributed by atoms with Gasteiger partial charge in [0.15, 0.2) is 0 Å². The molecule has 1 atom stereocenters. The van der Waals surface area contributed by atoms with Crippen LogP contribution in [0, 0.1) is 35.6 Å². The molecule has 6 rings (SSSR count). The number of allylic oxidation sites excluding steroid dienone is 1. The van der Waals surface area contributed by atoms with Crippen LogP contribution in [0.15, 0.2) is 102 Å². The molecule has 40 heavy (non-hydrogen) atoms. The molecule has 0 heterocycles. The van der Waals surface area contributed by atoms with Crippen LogP contribution in [0.1, 0.15) is 47.4 Å². The summed E-state index contributed by atoms with van der Waals surface area (Å²) in [6.45, 7) is 8.44. The molecule has 0 saturated carbocycles. The fourth-order valence-electron chi connectivity index (χ4n) is 5.70. The number of hydrogen-bond acceptors (Lipinski definition) is 0. The van der Waals surface area contributed by atoms with E-state index in [4.69, 9.17) is 0 Å². The second-order valence-corrected chi connectivity index (χ2v) is 11.8. The zero-order valence-electron chi connectivity index (χ0n) is 24.2. The molecule has 0 fully saturated rings. The molecule has 1 aliphatic rings. The zero-order chi connectivity index (χ0) is 25.4. The van der Waals surface area contributed by atoms with Gasteiger partial charge in [0.1, 0.15) is 0 Å². The van der Waals surface area contributed by atoms with Gasteiger partial charge in [-0.2, -0.15) is 12.5 Å². The van der Waals surface area contributed by atoms with Crippen LogP contribution in [-0.4, -0.2) is 9.52 Å². The standard InChI is InChI=1S/C36H32Si.2CH3.Hf/c1-4-5-9-33-32-12-7-11-31(27-19-15-25(3)16-20-27)35(32)23-36(33)37-29-21-28-8-6-10-30(34(28)22-29)26-17-13-24(2)14-18-26;;;/h6-8,10-23,33H,1,4-5,9H2,2-3H3;2*1H3;/q-2;2*-1;+4. The quantitative estimate of drug-likeness (QED) is 0.117. The maximum atomic E-state index is 4.14. The average Bonchev–Trinajstić information content (AvgIpc) is 3.49. The smallest absolute Gasteiger partial charge is 0.358 e. The largest absolute Gasteiger partial charge is 4.00 e. The first-order valence-corrected chi connectivity index (χ1v) is 14.3. The van der Waals surface area contributed by atoms with Gasteiger partial charge in [-0.3, -0.25) is 0 Å². The van der Waals surface area contributed by atoms with Crippen molar-refractivity contribution in [2.24, 2.45) is 0 Å². The van der Waals surface area contributed by atoms with E-state index in [2.05, 4.69) is 124 Å². The van der Waals surface area contributed by atoms with Gasteiger partial charge in [-0.05, 0) is 48.1 Å². The Hall–Kier alpha value is -2.68. The predicted octanol–water partition coefficient (Wildman–Crippen LogP) is 9.88. The van der Waals surface area contributed by atoms with Gasteiger partial charge < -0.3 is 21.8 Å². The minimum atomic E-state index is 0. The van der Waals surface area contributed by atoms with Crippen molar-refractivity contribution in [3.05, 3.63) is 146 Å². The summed E-state index contributed by atoms with van der Waals surface area (Å²) in [6, 6.07) is 36.3. The molecule has 5 aromatic rings. The van der Waals surface area contributed by atoms with Crippen molar-refractivity contribution < 1.29 is 25.8 Å². The third kappa shape index (κ3) is 6.29. The van der Waals surface area contributed by atoms with E-state index < -0.39 is 0 Å². The van der Waals surface area contributed by atoms with Crippen LogP contribution in [0.25, 0.3) is 39.1 Å². The molecule has 0 aromatic heterocycles. The van der Waals surface area contributed by atoms with Crippen molar-refractivity contribution in [2.45, 2.75) is 39.0 Å². The van der Waals surface area contributed by atoms with Crippen molar-refractivity contribution in [3.8, 4) is 22.3 Å². The number of fused-ring (bicyclic) bond motifs is 2. The van der Waals surface area contributed by atoms with Gasteiger partial charge in [-0.15, -0.1) is 34.2 Å². The molecular formula is C38H38HfSi. The van der Waals surface area contributed by atoms with Crippen molar-refractivity contribution >= 4 is 31.6 Å². The number of rotatable bonds is 7. The third-order valence-electron chi connectivity index (χ3n) is 7.70. The van der Waals surface area contributed by atoms with Crippen LogP contribution in [0.3, 0.4) is 0 Å². The van der Waals surface area contributed by atoms with E-state index in [0.29, 0.717) is 15.4 Å². The van der Waals surface area contributed by atoms with Gasteiger partial charge in [-0.25, -0.2) is 0 Å². The van der Waals surface area contributed by atoms with Crippen LogP contribution in [0.5, 0.6) is 0 Å². The summed E-state index contributed by atoms with van der Waals surface area (Å²) in [7, 11) is 0.674. The van der Waals surface area contributed by atoms with E-state index in [0.717, 1.165) is 12.8 Å². The van der Waals surface area contributed by atoms with Gasteiger partial charge in [0, 0.05) is 5.92 Å². The zero-order valence-corrected chi connectivity index (χ0v) is 28.8. The summed E-state index contributed by atoms with van der Waals surface area (Å²) in [5.41, 5.74) is 10.8. The SMILES string of the molecule is [CH2-]CCCC1C([Si]c2cc3c(-c4ccc(C)cc4)cccc3[cH-]2)=Cc2c(-c3ccc(C)cc3)cccc21.[CH3-].[CH3-].[Hf+4]. The van der Waals surface area contributed by atoms with Gasteiger partial charge in [-0.1, -0.05) is 107 Å². The molecule has 5 aromatic carbocycles. The second-order valence-electron chi connectivity index (χ2n) is 10.4. The maximum absolute atomic E-state index is 4.14. The van der Waals surface area contributed by atoms with Crippen molar-refractivity contribution in [3.63, 3.8) is 0 Å². The number of aryl methyl sites for hydroxylation is 2. The maximum Gasteiger partial charge on any atom is 4.00 e. The van der Waals surface area contributed by atoms with Crippen molar-refractivity contribution in [1.82, 2.24) is 0 Å². The van der Waals surface area contributed by atoms with E-state index in [1.54, 1.807) is 5.20 Å². The molecular weight excluding hydrogens is 663 g/mol. The first-order chi connectivity index (χ1) is 18.1. The summed E-state index contributed by atoms with van der Waals surface area (Å²) >= 11 is 0. The van der Waals surface area contributed by atoms with Crippen LogP contribution >= 0.6 is 0 Å². The predicted molar refractivity (Wildman–Crippen MR) is 174 cm³/mol. The molecule has 198 valence electrons. The first kappa shape index (κ1) is 31.8. The summed E-state index contributed by atoms with van der Waals surface area (Å²) in [5.74, 6) is 0.482. The van der Waals surface area contributed by atoms with Crippen LogP contribution < -0.4 is 5.19 Å². The fourth-order valence-corrected chi connectivity index (χ4v) is 7.17. The fraction of sp³-hybridized carbons (Fsp3) is 0.158. The summed E-state index contributed by atoms with van der Waals surface area (Å²) < 4.78 is 0. The summed E-state index contributed by atoms with van der Waals surface area (Å²) in [5, 5.41) is 5.70. The molecule has 2 radical (unpaired) electrons. The summed E-state index contributed by atoms with van der Waals surface area (Å²) in [4.78, 5) is 0. The Bertz CT molecular complexity index is 1590. The normalized spacial score (nSPS) is 13.6. The molecule has 0 spiro atoms. The Balaban J connectivity index is 0.00000147. The van der Waals surface area contributed by atoms with Crippen LogP contribution in [0.2, 0.25) is 0 Å². The van der Waals surface area contributed by atoms with E-state index in [1.165, 1.54) is 66.9 Å². The number of hydrogen-bond donors (Lipinski definition) is 0. The van der Waals surface area contributed by atoms with Crippen molar-refractivity contribution in [1.29, 1.82) is 0 Å². The van der Waals surface area contributed by atoms with Crippen molar-refractivity contribution in [2.75, 3.05) is 0 Å². The summed E-state index contributed by atoms with van der Waals surface area (Å²) in [6.07, 6.45) is 5.82. The Kier molecular flexibility index (Phi) is 11.0. The molecule has 0 N–H and O–H groups in total. The molecule has 2 heteroatoms. The molecule has 1 aliphatic carbocycles. The Morgan fingerprint density at radius 1 is 0.775 bits per heavy atom. The van der Waals surface area contributed by atoms with E-state index >= 15 is 0 Å². The topological polar surface area (TPSA) is 0 Å².